The van der Waals surface area contributed by atoms with Gasteiger partial charge in [0, 0.05) is 13.5 Å². The van der Waals surface area contributed by atoms with Gasteiger partial charge in [0.05, 0.1) is 19.8 Å². The molecule has 4 heteroatoms. The molecule has 14 heavy (non-hydrogen) atoms. The summed E-state index contributed by atoms with van der Waals surface area (Å²) < 4.78 is 9.38. The molecule has 0 aromatic carbocycles. The highest BCUT2D eigenvalue weighted by Crippen LogP contribution is 1.85. The molecule has 0 heterocycles. The Hall–Kier alpha value is -0.610. The minimum atomic E-state index is -0.211. The van der Waals surface area contributed by atoms with Crippen molar-refractivity contribution in [2.45, 2.75) is 33.6 Å². The normalized spacial score (nSPS) is 8.86. The van der Waals surface area contributed by atoms with Crippen molar-refractivity contribution in [3.05, 3.63) is 0 Å². The van der Waals surface area contributed by atoms with Crippen molar-refractivity contribution >= 4 is 5.97 Å². The van der Waals surface area contributed by atoms with E-state index in [1.54, 1.807) is 6.92 Å². The Morgan fingerprint density at radius 1 is 1.29 bits per heavy atom. The molecule has 4 nitrogen and oxygen atoms in total. The Morgan fingerprint density at radius 2 is 1.93 bits per heavy atom. The molecule has 0 aromatic rings. The highest BCUT2D eigenvalue weighted by molar-refractivity contribution is 5.65. The fraction of sp³-hybridized carbons (Fsp3) is 0.900. The van der Waals surface area contributed by atoms with Crippen LogP contribution in [0.15, 0.2) is 0 Å². The van der Waals surface area contributed by atoms with Crippen LogP contribution in [0.4, 0.5) is 0 Å². The van der Waals surface area contributed by atoms with Crippen LogP contribution in [-0.4, -0.2) is 37.5 Å². The van der Waals surface area contributed by atoms with Crippen molar-refractivity contribution in [3.63, 3.8) is 0 Å². The van der Waals surface area contributed by atoms with Crippen LogP contribution in [0.1, 0.15) is 33.6 Å². The summed E-state index contributed by atoms with van der Waals surface area (Å²) in [6.07, 6.45) is 2.26. The van der Waals surface area contributed by atoms with Gasteiger partial charge < -0.3 is 14.6 Å². The number of carbonyl (C=O) groups excluding carboxylic acids is 1. The standard InChI is InChI=1S/C6H14O2.C4H8O2/c1-2-3-5-8-6-4-7;1-3-6-4(2)5/h7H,2-6H2,1H3;3H2,1-2H3. The first-order valence-electron chi connectivity index (χ1n) is 5.00. The van der Waals surface area contributed by atoms with Gasteiger partial charge in [0.1, 0.15) is 0 Å². The maximum Gasteiger partial charge on any atom is 0.302 e. The van der Waals surface area contributed by atoms with Crippen molar-refractivity contribution in [1.29, 1.82) is 0 Å². The van der Waals surface area contributed by atoms with Crippen molar-refractivity contribution in [3.8, 4) is 0 Å². The number of aliphatic hydroxyl groups is 1. The molecule has 86 valence electrons. The van der Waals surface area contributed by atoms with E-state index in [1.807, 2.05) is 0 Å². The zero-order chi connectivity index (χ0) is 11.2. The Bertz CT molecular complexity index is 109. The molecule has 1 N–H and O–H groups in total. The number of unbranched alkanes of at least 4 members (excludes halogenated alkanes) is 1. The summed E-state index contributed by atoms with van der Waals surface area (Å²) in [6.45, 7) is 7.18. The Kier molecular flexibility index (Phi) is 16.9. The van der Waals surface area contributed by atoms with Crippen molar-refractivity contribution in [1.82, 2.24) is 0 Å². The minimum Gasteiger partial charge on any atom is -0.466 e. The lowest BCUT2D eigenvalue weighted by atomic mass is 10.4. The monoisotopic (exact) mass is 206 g/mol. The van der Waals surface area contributed by atoms with Gasteiger partial charge in [-0.25, -0.2) is 0 Å². The molecule has 0 unspecified atom stereocenters. The summed E-state index contributed by atoms with van der Waals surface area (Å²) in [5.74, 6) is -0.211. The summed E-state index contributed by atoms with van der Waals surface area (Å²) in [5.41, 5.74) is 0. The third-order valence-electron chi connectivity index (χ3n) is 1.23. The molecule has 0 saturated heterocycles. The molecule has 0 saturated carbocycles. The molecule has 0 radical (unpaired) electrons. The number of aliphatic hydroxyl groups excluding tert-OH is 1. The highest BCUT2D eigenvalue weighted by atomic mass is 16.5. The average molecular weight is 206 g/mol. The average Bonchev–Trinajstić information content (AvgIpc) is 2.13. The summed E-state index contributed by atoms with van der Waals surface area (Å²) in [4.78, 5) is 9.82. The van der Waals surface area contributed by atoms with Crippen LogP contribution in [0.2, 0.25) is 0 Å². The number of ether oxygens (including phenoxy) is 2. The second-order valence-electron chi connectivity index (χ2n) is 2.61. The molecule has 0 spiro atoms. The first-order chi connectivity index (χ1) is 6.68. The van der Waals surface area contributed by atoms with E-state index < -0.39 is 0 Å². The fourth-order valence-corrected chi connectivity index (χ4v) is 0.616. The molecule has 0 amide bonds. The van der Waals surface area contributed by atoms with Gasteiger partial charge in [-0.2, -0.15) is 0 Å². The second kappa shape index (κ2) is 14.9. The summed E-state index contributed by atoms with van der Waals surface area (Å²) in [7, 11) is 0. The largest absolute Gasteiger partial charge is 0.466 e. The van der Waals surface area contributed by atoms with Gasteiger partial charge in [0.25, 0.3) is 0 Å². The fourth-order valence-electron chi connectivity index (χ4n) is 0.616. The van der Waals surface area contributed by atoms with E-state index in [2.05, 4.69) is 11.7 Å². The van der Waals surface area contributed by atoms with Crippen LogP contribution in [0.3, 0.4) is 0 Å². The van der Waals surface area contributed by atoms with Gasteiger partial charge in [-0.3, -0.25) is 4.79 Å². The quantitative estimate of drug-likeness (QED) is 0.526. The SMILES string of the molecule is CCCCOCCO.CCOC(C)=O. The number of rotatable bonds is 6. The van der Waals surface area contributed by atoms with E-state index in [-0.39, 0.29) is 12.6 Å². The van der Waals surface area contributed by atoms with E-state index in [1.165, 1.54) is 6.92 Å². The van der Waals surface area contributed by atoms with Gasteiger partial charge >= 0.3 is 5.97 Å². The lowest BCUT2D eigenvalue weighted by Gasteiger charge is -1.97. The van der Waals surface area contributed by atoms with Crippen LogP contribution in [0, 0.1) is 0 Å². The molecule has 0 aliphatic rings. The van der Waals surface area contributed by atoms with Crippen molar-refractivity contribution < 1.29 is 19.4 Å². The molecule has 0 bridgehead atoms. The molecular weight excluding hydrogens is 184 g/mol. The zero-order valence-corrected chi connectivity index (χ0v) is 9.41. The third kappa shape index (κ3) is 22.5. The van der Waals surface area contributed by atoms with Gasteiger partial charge in [-0.05, 0) is 13.3 Å². The summed E-state index contributed by atoms with van der Waals surface area (Å²) in [5, 5.41) is 8.24. The molecule has 0 fully saturated rings. The molecule has 0 aliphatic heterocycles. The van der Waals surface area contributed by atoms with Crippen LogP contribution >= 0.6 is 0 Å². The number of esters is 1. The number of carbonyl (C=O) groups is 1. The molecule has 0 aromatic heterocycles. The van der Waals surface area contributed by atoms with Gasteiger partial charge in [-0.15, -0.1) is 0 Å². The van der Waals surface area contributed by atoms with Crippen LogP contribution in [0.5, 0.6) is 0 Å². The lowest BCUT2D eigenvalue weighted by Crippen LogP contribution is -1.99. The van der Waals surface area contributed by atoms with E-state index in [0.29, 0.717) is 13.2 Å². The lowest BCUT2D eigenvalue weighted by molar-refractivity contribution is -0.140. The minimum absolute atomic E-state index is 0.143. The van der Waals surface area contributed by atoms with Gasteiger partial charge in [-0.1, -0.05) is 13.3 Å². The third-order valence-corrected chi connectivity index (χ3v) is 1.23. The Morgan fingerprint density at radius 3 is 2.21 bits per heavy atom. The van der Waals surface area contributed by atoms with Crippen LogP contribution in [0.25, 0.3) is 0 Å². The first kappa shape index (κ1) is 15.8. The topological polar surface area (TPSA) is 55.8 Å². The smallest absolute Gasteiger partial charge is 0.302 e. The Balaban J connectivity index is 0. The van der Waals surface area contributed by atoms with E-state index in [4.69, 9.17) is 9.84 Å². The number of hydrogen-bond donors (Lipinski definition) is 1. The second-order valence-corrected chi connectivity index (χ2v) is 2.61. The summed E-state index contributed by atoms with van der Waals surface area (Å²) in [6, 6.07) is 0. The predicted molar refractivity (Wildman–Crippen MR) is 55.1 cm³/mol. The summed E-state index contributed by atoms with van der Waals surface area (Å²) >= 11 is 0. The zero-order valence-electron chi connectivity index (χ0n) is 9.41. The number of hydrogen-bond acceptors (Lipinski definition) is 4. The maximum atomic E-state index is 9.82. The predicted octanol–water partition coefficient (Wildman–Crippen LogP) is 1.36. The van der Waals surface area contributed by atoms with Crippen molar-refractivity contribution in [2.24, 2.45) is 0 Å². The van der Waals surface area contributed by atoms with E-state index >= 15 is 0 Å². The highest BCUT2D eigenvalue weighted by Gasteiger charge is 1.82. The maximum absolute atomic E-state index is 9.82. The first-order valence-corrected chi connectivity index (χ1v) is 5.00. The molecular formula is C10H22O4. The molecule has 0 rings (SSSR count). The van der Waals surface area contributed by atoms with E-state index in [9.17, 15) is 4.79 Å². The Labute approximate surface area is 86.2 Å². The van der Waals surface area contributed by atoms with Gasteiger partial charge in [0.15, 0.2) is 0 Å². The van der Waals surface area contributed by atoms with Crippen LogP contribution < -0.4 is 0 Å². The van der Waals surface area contributed by atoms with E-state index in [0.717, 1.165) is 19.4 Å². The van der Waals surface area contributed by atoms with Crippen molar-refractivity contribution in [2.75, 3.05) is 26.4 Å². The van der Waals surface area contributed by atoms with Crippen LogP contribution in [-0.2, 0) is 14.3 Å². The molecule has 0 aliphatic carbocycles. The van der Waals surface area contributed by atoms with Gasteiger partial charge in [0.2, 0.25) is 0 Å². The molecule has 0 atom stereocenters.